The van der Waals surface area contributed by atoms with Crippen molar-refractivity contribution >= 4 is 29.2 Å². The third-order valence-electron chi connectivity index (χ3n) is 2.19. The minimum atomic E-state index is -1.12. The van der Waals surface area contributed by atoms with Crippen LogP contribution in [0.25, 0.3) is 0 Å². The van der Waals surface area contributed by atoms with Crippen molar-refractivity contribution in [1.82, 2.24) is 5.32 Å². The van der Waals surface area contributed by atoms with Crippen LogP contribution in [0.2, 0.25) is 5.02 Å². The fourth-order valence-corrected chi connectivity index (χ4v) is 1.55. The minimum absolute atomic E-state index is 0.0315. The first kappa shape index (κ1) is 14.5. The zero-order valence-electron chi connectivity index (χ0n) is 10.00. The summed E-state index contributed by atoms with van der Waals surface area (Å²) in [5.41, 5.74) is 0.385. The van der Waals surface area contributed by atoms with E-state index in [1.165, 1.54) is 12.1 Å². The van der Waals surface area contributed by atoms with Crippen molar-refractivity contribution in [2.24, 2.45) is 0 Å². The third-order valence-corrected chi connectivity index (χ3v) is 2.52. The fourth-order valence-electron chi connectivity index (χ4n) is 1.35. The number of carboxylic acids is 1. The Kier molecular flexibility index (Phi) is 5.61. The molecule has 5 nitrogen and oxygen atoms in total. The lowest BCUT2D eigenvalue weighted by molar-refractivity contribution is -0.115. The molecule has 1 rings (SSSR count). The van der Waals surface area contributed by atoms with E-state index < -0.39 is 5.97 Å². The first-order chi connectivity index (χ1) is 8.54. The van der Waals surface area contributed by atoms with Gasteiger partial charge in [-0.3, -0.25) is 4.79 Å². The molecule has 0 fully saturated rings. The largest absolute Gasteiger partial charge is 0.478 e. The zero-order valence-corrected chi connectivity index (χ0v) is 10.8. The van der Waals surface area contributed by atoms with Gasteiger partial charge in [-0.1, -0.05) is 18.5 Å². The number of carbonyl (C=O) groups is 2. The predicted molar refractivity (Wildman–Crippen MR) is 70.2 cm³/mol. The highest BCUT2D eigenvalue weighted by molar-refractivity contribution is 6.33. The van der Waals surface area contributed by atoms with Gasteiger partial charge in [-0.25, -0.2) is 4.79 Å². The molecular formula is C12H15ClN2O3. The number of nitrogens with one attached hydrogen (secondary N) is 2. The molecule has 1 amide bonds. The zero-order chi connectivity index (χ0) is 13.5. The van der Waals surface area contributed by atoms with Gasteiger partial charge in [-0.15, -0.1) is 0 Å². The van der Waals surface area contributed by atoms with E-state index in [9.17, 15) is 9.59 Å². The third kappa shape index (κ3) is 4.35. The van der Waals surface area contributed by atoms with Crippen LogP contribution < -0.4 is 10.6 Å². The lowest BCUT2D eigenvalue weighted by Crippen LogP contribution is -2.28. The first-order valence-electron chi connectivity index (χ1n) is 5.58. The van der Waals surface area contributed by atoms with Gasteiger partial charge < -0.3 is 15.7 Å². The lowest BCUT2D eigenvalue weighted by Gasteiger charge is -2.07. The molecule has 98 valence electrons. The number of rotatable bonds is 6. The van der Waals surface area contributed by atoms with Crippen LogP contribution in [-0.2, 0) is 4.79 Å². The van der Waals surface area contributed by atoms with E-state index in [1.807, 2.05) is 6.92 Å². The average molecular weight is 271 g/mol. The number of halogens is 1. The van der Waals surface area contributed by atoms with Crippen LogP contribution in [0.1, 0.15) is 23.7 Å². The topological polar surface area (TPSA) is 78.4 Å². The molecule has 0 aliphatic carbocycles. The number of carboxylic acid groups (broad SMARTS) is 1. The number of aromatic carboxylic acids is 1. The predicted octanol–water partition coefficient (Wildman–Crippen LogP) is 1.98. The average Bonchev–Trinajstić information content (AvgIpc) is 2.31. The summed E-state index contributed by atoms with van der Waals surface area (Å²) < 4.78 is 0. The van der Waals surface area contributed by atoms with Crippen molar-refractivity contribution in [3.8, 4) is 0 Å². The van der Waals surface area contributed by atoms with E-state index in [-0.39, 0.29) is 23.0 Å². The molecule has 0 bridgehead atoms. The van der Waals surface area contributed by atoms with Crippen molar-refractivity contribution in [3.05, 3.63) is 28.8 Å². The quantitative estimate of drug-likeness (QED) is 0.691. The minimum Gasteiger partial charge on any atom is -0.478 e. The maximum atomic E-state index is 11.5. The van der Waals surface area contributed by atoms with Crippen molar-refractivity contribution in [2.45, 2.75) is 13.3 Å². The number of anilines is 1. The summed E-state index contributed by atoms with van der Waals surface area (Å²) in [5.74, 6) is -1.35. The summed E-state index contributed by atoms with van der Waals surface area (Å²) in [5, 5.41) is 14.6. The van der Waals surface area contributed by atoms with Crippen LogP contribution in [-0.4, -0.2) is 30.1 Å². The summed E-state index contributed by atoms with van der Waals surface area (Å²) in [7, 11) is 0. The molecule has 0 unspecified atom stereocenters. The van der Waals surface area contributed by atoms with E-state index in [0.717, 1.165) is 13.0 Å². The van der Waals surface area contributed by atoms with Gasteiger partial charge in [-0.05, 0) is 31.2 Å². The van der Waals surface area contributed by atoms with Crippen molar-refractivity contribution in [2.75, 3.05) is 18.4 Å². The van der Waals surface area contributed by atoms with Crippen LogP contribution in [0, 0.1) is 0 Å². The van der Waals surface area contributed by atoms with Crippen molar-refractivity contribution in [3.63, 3.8) is 0 Å². The molecule has 0 atom stereocenters. The highest BCUT2D eigenvalue weighted by Gasteiger charge is 2.10. The molecule has 0 aromatic heterocycles. The van der Waals surface area contributed by atoms with Gasteiger partial charge >= 0.3 is 5.97 Å². The summed E-state index contributed by atoms with van der Waals surface area (Å²) >= 11 is 5.72. The number of benzene rings is 1. The van der Waals surface area contributed by atoms with Gasteiger partial charge in [0.25, 0.3) is 0 Å². The molecular weight excluding hydrogens is 256 g/mol. The maximum Gasteiger partial charge on any atom is 0.337 e. The van der Waals surface area contributed by atoms with Gasteiger partial charge in [0.2, 0.25) is 5.91 Å². The number of amides is 1. The van der Waals surface area contributed by atoms with Crippen LogP contribution in [0.15, 0.2) is 18.2 Å². The molecule has 0 saturated heterocycles. The Labute approximate surface area is 110 Å². The molecule has 0 aliphatic rings. The van der Waals surface area contributed by atoms with E-state index >= 15 is 0 Å². The smallest absolute Gasteiger partial charge is 0.337 e. The van der Waals surface area contributed by atoms with Crippen LogP contribution in [0.5, 0.6) is 0 Å². The second-order valence-electron chi connectivity index (χ2n) is 3.72. The highest BCUT2D eigenvalue weighted by atomic mass is 35.5. The molecule has 0 radical (unpaired) electrons. The summed E-state index contributed by atoms with van der Waals surface area (Å²) in [6.45, 7) is 2.95. The second kappa shape index (κ2) is 6.98. The number of carbonyl (C=O) groups excluding carboxylic acids is 1. The van der Waals surface area contributed by atoms with Crippen LogP contribution in [0.3, 0.4) is 0 Å². The summed E-state index contributed by atoms with van der Waals surface area (Å²) in [6.07, 6.45) is 0.942. The molecule has 1 aromatic carbocycles. The molecule has 3 N–H and O–H groups in total. The molecule has 0 heterocycles. The number of hydrogen-bond acceptors (Lipinski definition) is 3. The fraction of sp³-hybridized carbons (Fsp3) is 0.333. The molecule has 0 saturated carbocycles. The van der Waals surface area contributed by atoms with Gasteiger partial charge in [0, 0.05) is 5.69 Å². The Bertz CT molecular complexity index is 449. The Morgan fingerprint density at radius 2 is 2.11 bits per heavy atom. The molecule has 1 aromatic rings. The van der Waals surface area contributed by atoms with Crippen molar-refractivity contribution < 1.29 is 14.7 Å². The van der Waals surface area contributed by atoms with Gasteiger partial charge in [-0.2, -0.15) is 0 Å². The van der Waals surface area contributed by atoms with Gasteiger partial charge in [0.1, 0.15) is 0 Å². The lowest BCUT2D eigenvalue weighted by atomic mass is 10.2. The standard InChI is InChI=1S/C12H15ClN2O3/c1-2-5-14-7-11(16)15-8-3-4-10(13)9(6-8)12(17)18/h3-4,6,14H,2,5,7H2,1H3,(H,15,16)(H,17,18). The maximum absolute atomic E-state index is 11.5. The first-order valence-corrected chi connectivity index (χ1v) is 5.95. The summed E-state index contributed by atoms with van der Waals surface area (Å²) in [4.78, 5) is 22.4. The molecule has 0 spiro atoms. The Morgan fingerprint density at radius 3 is 2.72 bits per heavy atom. The molecule has 18 heavy (non-hydrogen) atoms. The van der Waals surface area contributed by atoms with Gasteiger partial charge in [0.05, 0.1) is 17.1 Å². The van der Waals surface area contributed by atoms with E-state index in [0.29, 0.717) is 5.69 Å². The van der Waals surface area contributed by atoms with E-state index in [1.54, 1.807) is 6.07 Å². The Morgan fingerprint density at radius 1 is 1.39 bits per heavy atom. The second-order valence-corrected chi connectivity index (χ2v) is 4.13. The monoisotopic (exact) mass is 270 g/mol. The highest BCUT2D eigenvalue weighted by Crippen LogP contribution is 2.20. The molecule has 0 aliphatic heterocycles. The van der Waals surface area contributed by atoms with E-state index in [4.69, 9.17) is 16.7 Å². The van der Waals surface area contributed by atoms with Crippen LogP contribution in [0.4, 0.5) is 5.69 Å². The number of hydrogen-bond donors (Lipinski definition) is 3. The van der Waals surface area contributed by atoms with Crippen LogP contribution >= 0.6 is 11.6 Å². The molecule has 6 heteroatoms. The Hall–Kier alpha value is -1.59. The van der Waals surface area contributed by atoms with E-state index in [2.05, 4.69) is 10.6 Å². The normalized spacial score (nSPS) is 10.1. The van der Waals surface area contributed by atoms with Crippen molar-refractivity contribution in [1.29, 1.82) is 0 Å². The Balaban J connectivity index is 2.65. The van der Waals surface area contributed by atoms with Gasteiger partial charge in [0.15, 0.2) is 0 Å². The summed E-state index contributed by atoms with van der Waals surface area (Å²) in [6, 6.07) is 4.34. The SMILES string of the molecule is CCCNCC(=O)Nc1ccc(Cl)c(C(=O)O)c1.